The monoisotopic (exact) mass is 742 g/mol. The minimum Gasteiger partial charge on any atom is -0.507 e. The van der Waals surface area contributed by atoms with Gasteiger partial charge >= 0.3 is 0 Å². The van der Waals surface area contributed by atoms with Crippen LogP contribution in [-0.2, 0) is 14.2 Å². The molecule has 3 aromatic rings. The highest BCUT2D eigenvalue weighted by atomic mass is 16.7. The Hall–Kier alpha value is -3.83. The predicted octanol–water partition coefficient (Wildman–Crippen LogP) is -2.69. The van der Waals surface area contributed by atoms with Gasteiger partial charge < -0.3 is 88.6 Å². The fraction of sp³-hybridized carbons (Fsp3) is 0.545. The largest absolute Gasteiger partial charge is 0.507 e. The lowest BCUT2D eigenvalue weighted by Gasteiger charge is -2.42. The number of rotatable bonds is 15. The average molecular weight is 743 g/mol. The van der Waals surface area contributed by atoms with Crippen molar-refractivity contribution in [1.29, 1.82) is 0 Å². The topological polar surface area (TPSA) is 297 Å². The number of ether oxygens (including phenoxy) is 7. The van der Waals surface area contributed by atoms with Gasteiger partial charge in [0.15, 0.2) is 23.5 Å². The van der Waals surface area contributed by atoms with Crippen LogP contribution in [0.2, 0.25) is 0 Å². The maximum atomic E-state index is 14.1. The number of hydrogen-bond acceptors (Lipinski definition) is 19. The lowest BCUT2D eigenvalue weighted by Crippen LogP contribution is -2.61. The van der Waals surface area contributed by atoms with E-state index in [0.29, 0.717) is 0 Å². The van der Waals surface area contributed by atoms with Crippen molar-refractivity contribution in [2.24, 2.45) is 0 Å². The SMILES string of the molecule is C[C@@H]1O[C@@H](OC[C@@H]2O[C@@H](Oc3c(-c4ccc(OCCO)c(OCCO)c4)oc4cc(OCCO)cc(O)c4c3=O)[C@H](O)[C@@H](O)[C@@H]2O)[C@H](O)[C@H](O)[C@H]1O. The Balaban J connectivity index is 1.53. The number of phenolic OH excluding ortho intramolecular Hbond substituents is 1. The lowest BCUT2D eigenvalue weighted by molar-refractivity contribution is -0.318. The molecule has 0 bridgehead atoms. The van der Waals surface area contributed by atoms with Crippen LogP contribution in [0.1, 0.15) is 6.92 Å². The van der Waals surface area contributed by atoms with Crippen molar-refractivity contribution in [2.75, 3.05) is 46.2 Å². The third-order valence-corrected chi connectivity index (χ3v) is 8.31. The predicted molar refractivity (Wildman–Crippen MR) is 173 cm³/mol. The molecular formula is C33H42O19. The first-order valence-corrected chi connectivity index (χ1v) is 16.3. The summed E-state index contributed by atoms with van der Waals surface area (Å²) in [5, 5.41) is 101. The van der Waals surface area contributed by atoms with Gasteiger partial charge in [0.2, 0.25) is 17.5 Å². The average Bonchev–Trinajstić information content (AvgIpc) is 3.13. The molecule has 1 aromatic heterocycles. The molecule has 19 nitrogen and oxygen atoms in total. The summed E-state index contributed by atoms with van der Waals surface area (Å²) in [7, 11) is 0. The summed E-state index contributed by atoms with van der Waals surface area (Å²) in [6.45, 7) is -0.648. The standard InChI is InChI=1S/C33H42O19/c1-14-23(38)26(41)28(43)32(49-14)48-13-21-24(39)27(42)29(44)33(51-21)52-31-25(40)22-17(37)11-16(45-7-4-34)12-20(22)50-30(31)15-2-3-18(46-8-5-35)19(10-15)47-9-6-36/h2-3,10-12,14,21,23-24,26-29,32-39,41-44H,4-9,13H2,1H3/t14-,21-,23-,24+,26+,27-,28+,29+,32+,33-/m0/s1. The normalized spacial score (nSPS) is 29.2. The highest BCUT2D eigenvalue weighted by Crippen LogP contribution is 2.40. The van der Waals surface area contributed by atoms with Gasteiger partial charge in [-0.2, -0.15) is 0 Å². The molecule has 0 amide bonds. The zero-order valence-electron chi connectivity index (χ0n) is 27.8. The lowest BCUT2D eigenvalue weighted by atomic mass is 9.98. The van der Waals surface area contributed by atoms with Crippen LogP contribution in [0.3, 0.4) is 0 Å². The number of aliphatic hydroxyl groups excluding tert-OH is 9. The van der Waals surface area contributed by atoms with E-state index in [1.54, 1.807) is 0 Å². The highest BCUT2D eigenvalue weighted by molar-refractivity contribution is 5.88. The minimum atomic E-state index is -1.98. The number of aliphatic hydroxyl groups is 9. The molecule has 10 atom stereocenters. The third-order valence-electron chi connectivity index (χ3n) is 8.31. The molecule has 0 radical (unpaired) electrons. The second kappa shape index (κ2) is 17.3. The maximum absolute atomic E-state index is 14.1. The molecule has 2 saturated heterocycles. The van der Waals surface area contributed by atoms with Crippen molar-refractivity contribution in [2.45, 2.75) is 68.3 Å². The van der Waals surface area contributed by atoms with Crippen LogP contribution < -0.4 is 24.4 Å². The Labute approximate surface area is 294 Å². The summed E-state index contributed by atoms with van der Waals surface area (Å²) < 4.78 is 45.1. The van der Waals surface area contributed by atoms with Crippen molar-refractivity contribution < 1.29 is 88.6 Å². The molecule has 3 heterocycles. The summed E-state index contributed by atoms with van der Waals surface area (Å²) in [6, 6.07) is 6.59. The molecule has 0 spiro atoms. The Morgan fingerprint density at radius 3 is 2.04 bits per heavy atom. The quantitative estimate of drug-likeness (QED) is 0.0758. The Kier molecular flexibility index (Phi) is 13.1. The van der Waals surface area contributed by atoms with Crippen LogP contribution >= 0.6 is 0 Å². The van der Waals surface area contributed by atoms with Crippen LogP contribution in [0.5, 0.6) is 28.7 Å². The summed E-state index contributed by atoms with van der Waals surface area (Å²) in [5.74, 6) is -1.31. The van der Waals surface area contributed by atoms with Gasteiger partial charge in [-0.25, -0.2) is 0 Å². The summed E-state index contributed by atoms with van der Waals surface area (Å²) >= 11 is 0. The van der Waals surface area contributed by atoms with Crippen LogP contribution in [0.15, 0.2) is 39.5 Å². The number of aromatic hydroxyl groups is 1. The van der Waals surface area contributed by atoms with Gasteiger partial charge in [0, 0.05) is 17.7 Å². The molecule has 2 aromatic carbocycles. The number of fused-ring (bicyclic) bond motifs is 1. The van der Waals surface area contributed by atoms with E-state index in [0.717, 1.165) is 6.07 Å². The van der Waals surface area contributed by atoms with Gasteiger partial charge in [-0.3, -0.25) is 4.79 Å². The first-order chi connectivity index (χ1) is 24.9. The highest BCUT2D eigenvalue weighted by Gasteiger charge is 2.48. The van der Waals surface area contributed by atoms with Gasteiger partial charge in [-0.1, -0.05) is 0 Å². The summed E-state index contributed by atoms with van der Waals surface area (Å²) in [6.07, 6.45) is -16.3. The van der Waals surface area contributed by atoms with Crippen molar-refractivity contribution in [1.82, 2.24) is 0 Å². The first-order valence-electron chi connectivity index (χ1n) is 16.3. The molecule has 0 aliphatic carbocycles. The van der Waals surface area contributed by atoms with Crippen molar-refractivity contribution in [3.63, 3.8) is 0 Å². The first kappa shape index (κ1) is 39.4. The molecule has 10 N–H and O–H groups in total. The smallest absolute Gasteiger partial charge is 0.239 e. The van der Waals surface area contributed by atoms with Crippen LogP contribution in [0, 0.1) is 0 Å². The van der Waals surface area contributed by atoms with E-state index in [-0.39, 0.29) is 79.2 Å². The second-order valence-corrected chi connectivity index (χ2v) is 11.9. The zero-order valence-corrected chi connectivity index (χ0v) is 27.8. The van der Waals surface area contributed by atoms with E-state index in [1.807, 2.05) is 0 Å². The summed E-state index contributed by atoms with van der Waals surface area (Å²) in [5.41, 5.74) is -1.08. The second-order valence-electron chi connectivity index (χ2n) is 11.9. The Morgan fingerprint density at radius 1 is 0.712 bits per heavy atom. The van der Waals surface area contributed by atoms with Gasteiger partial charge in [0.05, 0.1) is 32.5 Å². The molecule has 2 aliphatic heterocycles. The molecule has 2 aliphatic rings. The van der Waals surface area contributed by atoms with Crippen LogP contribution in [0.25, 0.3) is 22.3 Å². The van der Waals surface area contributed by atoms with E-state index >= 15 is 0 Å². The van der Waals surface area contributed by atoms with E-state index in [9.17, 15) is 55.9 Å². The molecule has 5 rings (SSSR count). The van der Waals surface area contributed by atoms with E-state index < -0.39 is 84.9 Å². The fourth-order valence-electron chi connectivity index (χ4n) is 5.60. The minimum absolute atomic E-state index is 0.0380. The zero-order chi connectivity index (χ0) is 37.7. The molecule has 288 valence electrons. The van der Waals surface area contributed by atoms with Crippen molar-refractivity contribution in [3.8, 4) is 40.1 Å². The van der Waals surface area contributed by atoms with Gasteiger partial charge in [-0.05, 0) is 25.1 Å². The molecule has 0 unspecified atom stereocenters. The number of benzene rings is 2. The number of phenols is 1. The molecule has 19 heteroatoms. The van der Waals surface area contributed by atoms with Crippen LogP contribution in [-0.4, -0.2) is 159 Å². The van der Waals surface area contributed by atoms with Crippen LogP contribution in [0.4, 0.5) is 0 Å². The van der Waals surface area contributed by atoms with Crippen molar-refractivity contribution in [3.05, 3.63) is 40.6 Å². The maximum Gasteiger partial charge on any atom is 0.239 e. The van der Waals surface area contributed by atoms with Crippen molar-refractivity contribution >= 4 is 11.0 Å². The molecule has 0 saturated carbocycles. The van der Waals surface area contributed by atoms with E-state index in [4.69, 9.17) is 37.6 Å². The summed E-state index contributed by atoms with van der Waals surface area (Å²) in [4.78, 5) is 14.1. The van der Waals surface area contributed by atoms with Gasteiger partial charge in [0.1, 0.15) is 85.0 Å². The molecular weight excluding hydrogens is 700 g/mol. The molecule has 52 heavy (non-hydrogen) atoms. The van der Waals surface area contributed by atoms with E-state index in [1.165, 1.54) is 31.2 Å². The Morgan fingerprint density at radius 2 is 1.35 bits per heavy atom. The van der Waals surface area contributed by atoms with Gasteiger partial charge in [-0.15, -0.1) is 0 Å². The molecule has 2 fully saturated rings. The number of hydrogen-bond donors (Lipinski definition) is 10. The fourth-order valence-corrected chi connectivity index (χ4v) is 5.60. The van der Waals surface area contributed by atoms with E-state index in [2.05, 4.69) is 0 Å². The van der Waals surface area contributed by atoms with Gasteiger partial charge in [0.25, 0.3) is 0 Å². The Bertz CT molecular complexity index is 1700. The third kappa shape index (κ3) is 8.36.